The number of carboxylic acid groups (broad SMARTS) is 1. The second kappa shape index (κ2) is 12.5. The minimum Gasteiger partial charge on any atom is -0.480 e. The first-order valence-corrected chi connectivity index (χ1v) is 13.4. The second-order valence-corrected chi connectivity index (χ2v) is 10.4. The van der Waals surface area contributed by atoms with Crippen LogP contribution in [0.15, 0.2) is 48.5 Å². The minimum absolute atomic E-state index is 0.0223. The molecule has 10 heteroatoms. The maximum Gasteiger partial charge on any atom is 0.328 e. The van der Waals surface area contributed by atoms with Crippen molar-refractivity contribution in [3.8, 4) is 11.1 Å². The van der Waals surface area contributed by atoms with Gasteiger partial charge in [0.05, 0.1) is 23.5 Å². The summed E-state index contributed by atoms with van der Waals surface area (Å²) >= 11 is 0. The van der Waals surface area contributed by atoms with E-state index in [2.05, 4.69) is 16.0 Å². The molecule has 2 atom stereocenters. The van der Waals surface area contributed by atoms with Crippen molar-refractivity contribution in [3.63, 3.8) is 0 Å². The largest absolute Gasteiger partial charge is 0.480 e. The molecule has 8 nitrogen and oxygen atoms in total. The number of hydrogen-bond acceptors (Lipinski definition) is 4. The number of aliphatic carboxylic acids is 1. The molecule has 3 aromatic carbocycles. The standard InChI is InChI=1S/C31H33F2N3O5/c1-16-12-17(2)27(18(3)13-16)36-31(40)34-26-15-21(20-9-11-24(32)25(33)14-20)8-10-23(26)29(37)35-28(30(38)39)19(4)41-22-6-5-7-22/h8-15,19,22,28H,5-7H2,1-4H3,(H,35,37)(H,38,39)(H2,34,36,40)/t19?,28-/m0/s1. The van der Waals surface area contributed by atoms with Crippen LogP contribution in [0.4, 0.5) is 25.0 Å². The number of benzene rings is 3. The van der Waals surface area contributed by atoms with Crippen LogP contribution in [0.25, 0.3) is 11.1 Å². The molecule has 1 fully saturated rings. The van der Waals surface area contributed by atoms with E-state index >= 15 is 0 Å². The van der Waals surface area contributed by atoms with Gasteiger partial charge in [-0.1, -0.05) is 29.8 Å². The van der Waals surface area contributed by atoms with Crippen molar-refractivity contribution in [2.45, 2.75) is 65.2 Å². The van der Waals surface area contributed by atoms with Gasteiger partial charge in [0, 0.05) is 5.69 Å². The third kappa shape index (κ3) is 7.07. The molecule has 1 aliphatic rings. The zero-order chi connectivity index (χ0) is 29.8. The van der Waals surface area contributed by atoms with Crippen molar-refractivity contribution in [2.24, 2.45) is 0 Å². The number of rotatable bonds is 9. The van der Waals surface area contributed by atoms with Gasteiger partial charge in [0.25, 0.3) is 5.91 Å². The molecule has 41 heavy (non-hydrogen) atoms. The van der Waals surface area contributed by atoms with Crippen molar-refractivity contribution < 1.29 is 33.0 Å². The third-order valence-electron chi connectivity index (χ3n) is 7.16. The molecule has 4 N–H and O–H groups in total. The van der Waals surface area contributed by atoms with E-state index in [1.54, 1.807) is 6.92 Å². The summed E-state index contributed by atoms with van der Waals surface area (Å²) < 4.78 is 33.3. The van der Waals surface area contributed by atoms with Crippen LogP contribution >= 0.6 is 0 Å². The quantitative estimate of drug-likeness (QED) is 0.242. The Morgan fingerprint density at radius 2 is 1.54 bits per heavy atom. The number of carbonyl (C=O) groups is 3. The lowest BCUT2D eigenvalue weighted by molar-refractivity contribution is -0.146. The number of amides is 3. The predicted octanol–water partition coefficient (Wildman–Crippen LogP) is 6.34. The van der Waals surface area contributed by atoms with Gasteiger partial charge >= 0.3 is 12.0 Å². The average molecular weight is 566 g/mol. The molecule has 0 heterocycles. The summed E-state index contributed by atoms with van der Waals surface area (Å²) in [5.41, 5.74) is 4.06. The monoisotopic (exact) mass is 565 g/mol. The number of nitrogens with one attached hydrogen (secondary N) is 3. The van der Waals surface area contributed by atoms with Crippen LogP contribution < -0.4 is 16.0 Å². The van der Waals surface area contributed by atoms with E-state index in [0.717, 1.165) is 48.1 Å². The fraction of sp³-hybridized carbons (Fsp3) is 0.323. The number of anilines is 2. The highest BCUT2D eigenvalue weighted by Gasteiger charge is 2.32. The van der Waals surface area contributed by atoms with Crippen molar-refractivity contribution >= 4 is 29.3 Å². The van der Waals surface area contributed by atoms with E-state index in [9.17, 15) is 28.3 Å². The average Bonchev–Trinajstić information content (AvgIpc) is 2.88. The fourth-order valence-corrected chi connectivity index (χ4v) is 4.83. The highest BCUT2D eigenvalue weighted by Crippen LogP contribution is 2.29. The molecule has 1 unspecified atom stereocenters. The van der Waals surface area contributed by atoms with Gasteiger partial charge in [-0.05, 0) is 93.5 Å². The summed E-state index contributed by atoms with van der Waals surface area (Å²) in [6, 6.07) is 9.55. The van der Waals surface area contributed by atoms with Gasteiger partial charge in [-0.3, -0.25) is 4.79 Å². The van der Waals surface area contributed by atoms with E-state index < -0.39 is 41.7 Å². The van der Waals surface area contributed by atoms with Crippen molar-refractivity contribution in [2.75, 3.05) is 10.6 Å². The normalized spacial score (nSPS) is 14.5. The van der Waals surface area contributed by atoms with Crippen LogP contribution in [0.2, 0.25) is 0 Å². The molecular weight excluding hydrogens is 532 g/mol. The summed E-state index contributed by atoms with van der Waals surface area (Å²) in [5, 5.41) is 17.8. The molecular formula is C31H33F2N3O5. The first kappa shape index (κ1) is 29.7. The van der Waals surface area contributed by atoms with Crippen LogP contribution in [0.3, 0.4) is 0 Å². The summed E-state index contributed by atoms with van der Waals surface area (Å²) in [4.78, 5) is 38.5. The van der Waals surface area contributed by atoms with Gasteiger partial charge in [-0.15, -0.1) is 0 Å². The fourth-order valence-electron chi connectivity index (χ4n) is 4.83. The van der Waals surface area contributed by atoms with Gasteiger partial charge in [-0.25, -0.2) is 18.4 Å². The second-order valence-electron chi connectivity index (χ2n) is 10.4. The highest BCUT2D eigenvalue weighted by atomic mass is 19.2. The Morgan fingerprint density at radius 3 is 2.12 bits per heavy atom. The van der Waals surface area contributed by atoms with Crippen molar-refractivity contribution in [1.82, 2.24) is 5.32 Å². The van der Waals surface area contributed by atoms with Crippen molar-refractivity contribution in [1.29, 1.82) is 0 Å². The Balaban J connectivity index is 1.64. The maximum absolute atomic E-state index is 14.0. The predicted molar refractivity (Wildman–Crippen MR) is 152 cm³/mol. The van der Waals surface area contributed by atoms with Gasteiger partial charge in [0.2, 0.25) is 0 Å². The summed E-state index contributed by atoms with van der Waals surface area (Å²) in [7, 11) is 0. The van der Waals surface area contributed by atoms with Crippen LogP contribution in [0.5, 0.6) is 0 Å². The number of halogens is 2. The van der Waals surface area contributed by atoms with Crippen LogP contribution in [0.1, 0.15) is 53.2 Å². The SMILES string of the molecule is Cc1cc(C)c(NC(=O)Nc2cc(-c3ccc(F)c(F)c3)ccc2C(=O)N[C@H](C(=O)O)C(C)OC2CCC2)c(C)c1. The molecule has 4 rings (SSSR count). The maximum atomic E-state index is 14.0. The molecule has 1 aliphatic carbocycles. The summed E-state index contributed by atoms with van der Waals surface area (Å²) in [6.45, 7) is 7.25. The van der Waals surface area contributed by atoms with Gasteiger partial charge in [0.15, 0.2) is 17.7 Å². The first-order chi connectivity index (χ1) is 19.4. The number of carboxylic acids is 1. The highest BCUT2D eigenvalue weighted by molar-refractivity contribution is 6.08. The number of ether oxygens (including phenoxy) is 1. The van der Waals surface area contributed by atoms with Gasteiger partial charge in [0.1, 0.15) is 0 Å². The number of urea groups is 1. The molecule has 216 valence electrons. The Hall–Kier alpha value is -4.31. The van der Waals surface area contributed by atoms with Gasteiger partial charge in [-0.2, -0.15) is 0 Å². The Morgan fingerprint density at radius 1 is 0.902 bits per heavy atom. The van der Waals surface area contributed by atoms with Crippen LogP contribution in [-0.2, 0) is 9.53 Å². The Kier molecular flexibility index (Phi) is 9.02. The molecule has 0 bridgehead atoms. The zero-order valence-electron chi connectivity index (χ0n) is 23.3. The Bertz CT molecular complexity index is 1470. The van der Waals surface area contributed by atoms with Crippen molar-refractivity contribution in [3.05, 3.63) is 82.4 Å². The topological polar surface area (TPSA) is 117 Å². The van der Waals surface area contributed by atoms with E-state index in [0.29, 0.717) is 16.8 Å². The molecule has 0 saturated heterocycles. The molecule has 0 spiro atoms. The smallest absolute Gasteiger partial charge is 0.328 e. The third-order valence-corrected chi connectivity index (χ3v) is 7.16. The number of carbonyl (C=O) groups excluding carboxylic acids is 2. The number of aryl methyl sites for hydroxylation is 3. The summed E-state index contributed by atoms with van der Waals surface area (Å²) in [5.74, 6) is -4.08. The summed E-state index contributed by atoms with van der Waals surface area (Å²) in [6.07, 6.45) is 1.83. The lowest BCUT2D eigenvalue weighted by Gasteiger charge is -2.31. The molecule has 3 aromatic rings. The van der Waals surface area contributed by atoms with E-state index in [4.69, 9.17) is 4.74 Å². The molecule has 0 radical (unpaired) electrons. The minimum atomic E-state index is -1.34. The molecule has 0 aliphatic heterocycles. The van der Waals surface area contributed by atoms with E-state index in [1.165, 1.54) is 24.3 Å². The molecule has 0 aromatic heterocycles. The zero-order valence-corrected chi connectivity index (χ0v) is 23.3. The van der Waals surface area contributed by atoms with Gasteiger partial charge < -0.3 is 25.8 Å². The van der Waals surface area contributed by atoms with Crippen LogP contribution in [-0.4, -0.2) is 41.3 Å². The lowest BCUT2D eigenvalue weighted by Crippen LogP contribution is -2.50. The first-order valence-electron chi connectivity index (χ1n) is 13.4. The number of hydrogen-bond donors (Lipinski definition) is 4. The molecule has 3 amide bonds. The molecule has 1 saturated carbocycles. The lowest BCUT2D eigenvalue weighted by atomic mass is 9.95. The van der Waals surface area contributed by atoms with Crippen LogP contribution in [0, 0.1) is 32.4 Å². The Labute approximate surface area is 237 Å². The van der Waals surface area contributed by atoms with E-state index in [1.807, 2.05) is 32.9 Å². The van der Waals surface area contributed by atoms with E-state index in [-0.39, 0.29) is 17.4 Å².